The van der Waals surface area contributed by atoms with E-state index in [0.29, 0.717) is 0 Å². The van der Waals surface area contributed by atoms with Crippen LogP contribution in [0.15, 0.2) is 18.2 Å². The lowest BCUT2D eigenvalue weighted by Gasteiger charge is -1.95. The normalized spacial score (nSPS) is 10.9. The Bertz CT molecular complexity index is 445. The van der Waals surface area contributed by atoms with E-state index in [-0.39, 0.29) is 12.4 Å². The van der Waals surface area contributed by atoms with E-state index in [2.05, 4.69) is 4.98 Å². The summed E-state index contributed by atoms with van der Waals surface area (Å²) < 4.78 is 0. The number of hydrogen-bond donors (Lipinski definition) is 3. The van der Waals surface area contributed by atoms with Crippen LogP contribution in [0.3, 0.4) is 0 Å². The first kappa shape index (κ1) is 8.13. The van der Waals surface area contributed by atoms with Gasteiger partial charge in [0, 0.05) is 22.2 Å². The third kappa shape index (κ3) is 1.17. The Kier molecular flexibility index (Phi) is 1.74. The molecule has 0 bridgehead atoms. The second-order valence-corrected chi connectivity index (χ2v) is 3.12. The van der Waals surface area contributed by atoms with Crippen molar-refractivity contribution in [2.75, 3.05) is 0 Å². The zero-order valence-corrected chi connectivity index (χ0v) is 7.33. The number of rotatable bonds is 1. The van der Waals surface area contributed by atoms with Gasteiger partial charge >= 0.3 is 0 Å². The van der Waals surface area contributed by atoms with Crippen LogP contribution in [0.4, 0.5) is 0 Å². The van der Waals surface area contributed by atoms with Gasteiger partial charge in [0.25, 0.3) is 0 Å². The number of aryl methyl sites for hydroxylation is 1. The summed E-state index contributed by atoms with van der Waals surface area (Å²) in [6.45, 7) is 1.90. The molecule has 3 N–H and O–H groups in total. The fourth-order valence-electron chi connectivity index (χ4n) is 1.57. The highest BCUT2D eigenvalue weighted by atomic mass is 16.3. The van der Waals surface area contributed by atoms with Gasteiger partial charge in [-0.25, -0.2) is 0 Å². The monoisotopic (exact) mass is 177 g/mol. The van der Waals surface area contributed by atoms with Crippen LogP contribution in [-0.2, 0) is 6.61 Å². The van der Waals surface area contributed by atoms with E-state index < -0.39 is 0 Å². The average Bonchev–Trinajstić information content (AvgIpc) is 2.40. The van der Waals surface area contributed by atoms with Crippen molar-refractivity contribution >= 4 is 10.9 Å². The molecule has 0 fully saturated rings. The number of aliphatic hydroxyl groups excluding tert-OH is 1. The number of hydrogen-bond acceptors (Lipinski definition) is 2. The van der Waals surface area contributed by atoms with Crippen molar-refractivity contribution in [3.63, 3.8) is 0 Å². The van der Waals surface area contributed by atoms with Gasteiger partial charge in [-0.2, -0.15) is 0 Å². The SMILES string of the molecule is Cc1[nH]c2ccc(O)cc2c1CO. The molecule has 3 nitrogen and oxygen atoms in total. The van der Waals surface area contributed by atoms with E-state index >= 15 is 0 Å². The fraction of sp³-hybridized carbons (Fsp3) is 0.200. The summed E-state index contributed by atoms with van der Waals surface area (Å²) in [5, 5.41) is 19.2. The first-order chi connectivity index (χ1) is 6.22. The molecular formula is C10H11NO2. The Morgan fingerprint density at radius 2 is 2.15 bits per heavy atom. The summed E-state index contributed by atoms with van der Waals surface area (Å²) in [7, 11) is 0. The maximum Gasteiger partial charge on any atom is 0.116 e. The van der Waals surface area contributed by atoms with Crippen LogP contribution < -0.4 is 0 Å². The number of phenols is 1. The van der Waals surface area contributed by atoms with Gasteiger partial charge in [-0.05, 0) is 25.1 Å². The molecule has 1 heterocycles. The van der Waals surface area contributed by atoms with Crippen molar-refractivity contribution in [1.29, 1.82) is 0 Å². The molecule has 0 spiro atoms. The van der Waals surface area contributed by atoms with Crippen LogP contribution in [0.25, 0.3) is 10.9 Å². The van der Waals surface area contributed by atoms with Crippen molar-refractivity contribution < 1.29 is 10.2 Å². The molecule has 13 heavy (non-hydrogen) atoms. The number of aromatic hydroxyl groups is 1. The van der Waals surface area contributed by atoms with Crippen molar-refractivity contribution in [3.8, 4) is 5.75 Å². The first-order valence-electron chi connectivity index (χ1n) is 4.13. The van der Waals surface area contributed by atoms with Crippen LogP contribution in [0.5, 0.6) is 5.75 Å². The largest absolute Gasteiger partial charge is 0.508 e. The van der Waals surface area contributed by atoms with E-state index in [0.717, 1.165) is 22.2 Å². The molecule has 0 aliphatic heterocycles. The molecule has 3 heteroatoms. The topological polar surface area (TPSA) is 56.2 Å². The molecule has 2 aromatic rings. The summed E-state index contributed by atoms with van der Waals surface area (Å²) in [5.74, 6) is 0.223. The quantitative estimate of drug-likeness (QED) is 0.620. The van der Waals surface area contributed by atoms with Crippen LogP contribution in [-0.4, -0.2) is 15.2 Å². The average molecular weight is 177 g/mol. The van der Waals surface area contributed by atoms with E-state index in [1.807, 2.05) is 6.92 Å². The Hall–Kier alpha value is -1.48. The van der Waals surface area contributed by atoms with Crippen molar-refractivity contribution in [3.05, 3.63) is 29.5 Å². The van der Waals surface area contributed by atoms with Gasteiger partial charge in [-0.1, -0.05) is 0 Å². The second kappa shape index (κ2) is 2.78. The molecule has 2 rings (SSSR count). The highest BCUT2D eigenvalue weighted by molar-refractivity contribution is 5.85. The van der Waals surface area contributed by atoms with E-state index in [1.54, 1.807) is 18.2 Å². The number of aromatic amines is 1. The zero-order chi connectivity index (χ0) is 9.42. The molecule has 0 amide bonds. The smallest absolute Gasteiger partial charge is 0.116 e. The number of benzene rings is 1. The Morgan fingerprint density at radius 3 is 2.85 bits per heavy atom. The van der Waals surface area contributed by atoms with Crippen LogP contribution in [0, 0.1) is 6.92 Å². The lowest BCUT2D eigenvalue weighted by molar-refractivity contribution is 0.282. The number of H-pyrrole nitrogens is 1. The molecule has 0 aliphatic carbocycles. The molecular weight excluding hydrogens is 166 g/mol. The van der Waals surface area contributed by atoms with Gasteiger partial charge < -0.3 is 15.2 Å². The minimum absolute atomic E-state index is 0.00468. The maximum atomic E-state index is 9.26. The molecule has 0 saturated heterocycles. The highest BCUT2D eigenvalue weighted by Crippen LogP contribution is 2.25. The summed E-state index contributed by atoms with van der Waals surface area (Å²) in [6, 6.07) is 5.08. The van der Waals surface area contributed by atoms with E-state index in [4.69, 9.17) is 5.11 Å². The second-order valence-electron chi connectivity index (χ2n) is 3.12. The van der Waals surface area contributed by atoms with Gasteiger partial charge in [0.1, 0.15) is 5.75 Å². The van der Waals surface area contributed by atoms with E-state index in [1.165, 1.54) is 0 Å². The third-order valence-electron chi connectivity index (χ3n) is 2.26. The van der Waals surface area contributed by atoms with Crippen molar-refractivity contribution in [1.82, 2.24) is 4.98 Å². The summed E-state index contributed by atoms with van der Waals surface area (Å²) in [5.41, 5.74) is 2.74. The minimum Gasteiger partial charge on any atom is -0.508 e. The zero-order valence-electron chi connectivity index (χ0n) is 7.33. The maximum absolute atomic E-state index is 9.26. The van der Waals surface area contributed by atoms with Crippen LogP contribution >= 0.6 is 0 Å². The lowest BCUT2D eigenvalue weighted by Crippen LogP contribution is -1.83. The third-order valence-corrected chi connectivity index (χ3v) is 2.26. The number of phenolic OH excluding ortho intramolecular Hbond substituents is 1. The molecule has 0 unspecified atom stereocenters. The molecule has 0 saturated carbocycles. The van der Waals surface area contributed by atoms with Gasteiger partial charge in [0.05, 0.1) is 6.61 Å². The number of aromatic nitrogens is 1. The van der Waals surface area contributed by atoms with Crippen molar-refractivity contribution in [2.24, 2.45) is 0 Å². The predicted octanol–water partition coefficient (Wildman–Crippen LogP) is 1.67. The number of fused-ring (bicyclic) bond motifs is 1. The summed E-state index contributed by atoms with van der Waals surface area (Å²) in [4.78, 5) is 3.13. The van der Waals surface area contributed by atoms with Gasteiger partial charge in [0.15, 0.2) is 0 Å². The number of aliphatic hydroxyl groups is 1. The van der Waals surface area contributed by atoms with Crippen LogP contribution in [0.1, 0.15) is 11.3 Å². The Labute approximate surface area is 75.6 Å². The highest BCUT2D eigenvalue weighted by Gasteiger charge is 2.06. The molecule has 1 aromatic carbocycles. The minimum atomic E-state index is -0.00468. The van der Waals surface area contributed by atoms with Crippen LogP contribution in [0.2, 0.25) is 0 Å². The Balaban J connectivity index is 2.80. The molecule has 0 atom stereocenters. The molecule has 1 aromatic heterocycles. The Morgan fingerprint density at radius 1 is 1.38 bits per heavy atom. The molecule has 0 radical (unpaired) electrons. The summed E-state index contributed by atoms with van der Waals surface area (Å²) in [6.07, 6.45) is 0. The lowest BCUT2D eigenvalue weighted by atomic mass is 10.1. The van der Waals surface area contributed by atoms with E-state index in [9.17, 15) is 5.11 Å². The van der Waals surface area contributed by atoms with Crippen molar-refractivity contribution in [2.45, 2.75) is 13.5 Å². The predicted molar refractivity (Wildman–Crippen MR) is 50.6 cm³/mol. The fourth-order valence-corrected chi connectivity index (χ4v) is 1.57. The molecule has 68 valence electrons. The van der Waals surface area contributed by atoms with Gasteiger partial charge in [0.2, 0.25) is 0 Å². The van der Waals surface area contributed by atoms with Gasteiger partial charge in [-0.3, -0.25) is 0 Å². The summed E-state index contributed by atoms with van der Waals surface area (Å²) >= 11 is 0. The first-order valence-corrected chi connectivity index (χ1v) is 4.13. The molecule has 0 aliphatic rings. The number of nitrogens with one attached hydrogen (secondary N) is 1. The van der Waals surface area contributed by atoms with Gasteiger partial charge in [-0.15, -0.1) is 0 Å². The standard InChI is InChI=1S/C10H11NO2/c1-6-9(5-12)8-4-7(13)2-3-10(8)11-6/h2-4,11-13H,5H2,1H3.